The summed E-state index contributed by atoms with van der Waals surface area (Å²) < 4.78 is 0. The molecule has 0 rings (SSSR count). The van der Waals surface area contributed by atoms with Crippen LogP contribution in [0.3, 0.4) is 0 Å². The van der Waals surface area contributed by atoms with Gasteiger partial charge in [-0.15, -0.1) is 6.58 Å². The number of nitrogens with two attached hydrogens (primary N) is 2. The molecule has 40 valence electrons. The van der Waals surface area contributed by atoms with Crippen LogP contribution in [0.1, 0.15) is 0 Å². The van der Waals surface area contributed by atoms with E-state index >= 15 is 0 Å². The van der Waals surface area contributed by atoms with E-state index < -0.39 is 0 Å². The van der Waals surface area contributed by atoms with Gasteiger partial charge in [0.25, 0.3) is 5.17 Å². The maximum absolute atomic E-state index is 5.09. The fourth-order valence-electron chi connectivity index (χ4n) is 0.155. The number of amidine groups is 1. The Labute approximate surface area is 47.3 Å². The van der Waals surface area contributed by atoms with Gasteiger partial charge in [0, 0.05) is 5.75 Å². The van der Waals surface area contributed by atoms with Gasteiger partial charge in [-0.25, -0.2) is 0 Å². The molecule has 0 radical (unpaired) electrons. The van der Waals surface area contributed by atoms with E-state index in [1.54, 1.807) is 6.08 Å². The molecule has 0 aromatic heterocycles. The number of rotatable bonds is 2. The molecule has 0 aliphatic heterocycles. The van der Waals surface area contributed by atoms with Crippen LogP contribution < -0.4 is 11.1 Å². The molecule has 0 saturated carbocycles. The second-order valence-corrected chi connectivity index (χ2v) is 2.10. The van der Waals surface area contributed by atoms with E-state index in [0.717, 1.165) is 5.75 Å². The molecule has 4 N–H and O–H groups in total. The molecule has 2 nitrogen and oxygen atoms in total. The molecule has 0 spiro atoms. The first-order valence-corrected chi connectivity index (χ1v) is 2.87. The van der Waals surface area contributed by atoms with E-state index in [1.165, 1.54) is 11.8 Å². The summed E-state index contributed by atoms with van der Waals surface area (Å²) in [5.74, 6) is 0.794. The van der Waals surface area contributed by atoms with Crippen molar-refractivity contribution in [2.24, 2.45) is 5.73 Å². The van der Waals surface area contributed by atoms with Crippen LogP contribution in [0.4, 0.5) is 0 Å². The maximum atomic E-state index is 5.09. The molecule has 0 bridgehead atoms. The predicted molar refractivity (Wildman–Crippen MR) is 33.8 cm³/mol. The second-order valence-electron chi connectivity index (χ2n) is 1.00. The maximum Gasteiger partial charge on any atom is 0.300 e. The van der Waals surface area contributed by atoms with Gasteiger partial charge in [0.05, 0.1) is 0 Å². The molecular weight excluding hydrogens is 108 g/mol. The zero-order chi connectivity index (χ0) is 5.70. The Morgan fingerprint density at radius 1 is 2.00 bits per heavy atom. The van der Waals surface area contributed by atoms with Crippen LogP contribution in [0.5, 0.6) is 0 Å². The Morgan fingerprint density at radius 2 is 2.57 bits per heavy atom. The molecule has 0 aromatic rings. The van der Waals surface area contributed by atoms with Gasteiger partial charge in [0.2, 0.25) is 0 Å². The van der Waals surface area contributed by atoms with Gasteiger partial charge in [-0.05, 0) is 11.8 Å². The topological polar surface area (TPSA) is 51.6 Å². The molecule has 0 aliphatic rings. The van der Waals surface area contributed by atoms with Gasteiger partial charge in [0.1, 0.15) is 0 Å². The highest BCUT2D eigenvalue weighted by Gasteiger charge is 1.88. The largest absolute Gasteiger partial charge is 0.300 e. The highest BCUT2D eigenvalue weighted by molar-refractivity contribution is 8.13. The SMILES string of the molecule is C=CCSC(N)=[NH2+]. The highest BCUT2D eigenvalue weighted by Crippen LogP contribution is 1.92. The van der Waals surface area contributed by atoms with Crippen molar-refractivity contribution in [3.8, 4) is 0 Å². The summed E-state index contributed by atoms with van der Waals surface area (Å²) in [6, 6.07) is 0. The van der Waals surface area contributed by atoms with Crippen molar-refractivity contribution in [1.29, 1.82) is 0 Å². The van der Waals surface area contributed by atoms with Crippen molar-refractivity contribution in [1.82, 2.24) is 0 Å². The van der Waals surface area contributed by atoms with Crippen LogP contribution in [0, 0.1) is 0 Å². The Morgan fingerprint density at radius 3 is 2.71 bits per heavy atom. The Kier molecular flexibility index (Phi) is 3.50. The molecule has 0 atom stereocenters. The van der Waals surface area contributed by atoms with Gasteiger partial charge in [0.15, 0.2) is 0 Å². The van der Waals surface area contributed by atoms with Gasteiger partial charge in [-0.2, -0.15) is 0 Å². The lowest BCUT2D eigenvalue weighted by Gasteiger charge is -1.81. The lowest BCUT2D eigenvalue weighted by Crippen LogP contribution is -2.43. The van der Waals surface area contributed by atoms with Crippen LogP contribution in [0.15, 0.2) is 12.7 Å². The standard InChI is InChI=1S/C4H8N2S/c1-2-3-7-4(5)6/h2H,1,3H2,(H3,5,6)/p+1. The van der Waals surface area contributed by atoms with Gasteiger partial charge in [-0.3, -0.25) is 11.1 Å². The molecule has 0 unspecified atom stereocenters. The minimum atomic E-state index is 0.403. The molecule has 7 heavy (non-hydrogen) atoms. The van der Waals surface area contributed by atoms with Crippen LogP contribution in [0.2, 0.25) is 0 Å². The zero-order valence-corrected chi connectivity index (χ0v) is 4.87. The van der Waals surface area contributed by atoms with E-state index in [1.807, 2.05) is 0 Å². The molecule has 0 heterocycles. The van der Waals surface area contributed by atoms with Gasteiger partial charge >= 0.3 is 0 Å². The molecular formula is C4H9N2S+. The fourth-order valence-corrected chi connectivity index (χ4v) is 0.465. The summed E-state index contributed by atoms with van der Waals surface area (Å²) in [6.45, 7) is 3.49. The molecule has 0 aromatic carbocycles. The van der Waals surface area contributed by atoms with Crippen LogP contribution >= 0.6 is 11.8 Å². The second kappa shape index (κ2) is 3.74. The summed E-state index contributed by atoms with van der Waals surface area (Å²) in [6.07, 6.45) is 1.75. The summed E-state index contributed by atoms with van der Waals surface area (Å²) in [5.41, 5.74) is 5.09. The van der Waals surface area contributed by atoms with E-state index in [0.29, 0.717) is 5.17 Å². The first-order valence-electron chi connectivity index (χ1n) is 1.89. The average molecular weight is 117 g/mol. The van der Waals surface area contributed by atoms with Crippen LogP contribution in [-0.2, 0) is 0 Å². The normalized spacial score (nSPS) is 8.00. The van der Waals surface area contributed by atoms with E-state index in [9.17, 15) is 0 Å². The number of hydrogen-bond acceptors (Lipinski definition) is 1. The average Bonchev–Trinajstić information content (AvgIpc) is 1.61. The van der Waals surface area contributed by atoms with Crippen molar-refractivity contribution in [2.45, 2.75) is 0 Å². The minimum Gasteiger partial charge on any atom is -0.282 e. The Bertz CT molecular complexity index is 79.8. The van der Waals surface area contributed by atoms with E-state index in [2.05, 4.69) is 6.58 Å². The summed E-state index contributed by atoms with van der Waals surface area (Å²) in [4.78, 5) is 0. The van der Waals surface area contributed by atoms with Crippen molar-refractivity contribution < 1.29 is 5.41 Å². The van der Waals surface area contributed by atoms with E-state index in [4.69, 9.17) is 11.1 Å². The third kappa shape index (κ3) is 5.56. The molecule has 0 fully saturated rings. The number of hydrogen-bond donors (Lipinski definition) is 2. The van der Waals surface area contributed by atoms with Crippen molar-refractivity contribution in [3.05, 3.63) is 12.7 Å². The smallest absolute Gasteiger partial charge is 0.282 e. The summed E-state index contributed by atoms with van der Waals surface area (Å²) >= 11 is 1.39. The third-order valence-electron chi connectivity index (χ3n) is 0.368. The van der Waals surface area contributed by atoms with Crippen LogP contribution in [0.25, 0.3) is 0 Å². The molecule has 3 heteroatoms. The molecule has 0 saturated heterocycles. The zero-order valence-electron chi connectivity index (χ0n) is 4.05. The monoisotopic (exact) mass is 117 g/mol. The molecule has 0 amide bonds. The lowest BCUT2D eigenvalue weighted by molar-refractivity contribution is -0.110. The Balaban J connectivity index is 2.97. The first kappa shape index (κ1) is 6.56. The Hall–Kier alpha value is -0.440. The van der Waals surface area contributed by atoms with Crippen LogP contribution in [-0.4, -0.2) is 10.9 Å². The predicted octanol–water partition coefficient (Wildman–Crippen LogP) is -1.02. The number of thioether (sulfide) groups is 1. The minimum absolute atomic E-state index is 0.403. The summed E-state index contributed by atoms with van der Waals surface area (Å²) in [7, 11) is 0. The fraction of sp³-hybridized carbons (Fsp3) is 0.250. The summed E-state index contributed by atoms with van der Waals surface area (Å²) in [5, 5.41) is 5.49. The van der Waals surface area contributed by atoms with Crippen molar-refractivity contribution in [2.75, 3.05) is 5.75 Å². The van der Waals surface area contributed by atoms with E-state index in [-0.39, 0.29) is 0 Å². The highest BCUT2D eigenvalue weighted by atomic mass is 32.2. The van der Waals surface area contributed by atoms with Gasteiger partial charge < -0.3 is 0 Å². The lowest BCUT2D eigenvalue weighted by atomic mass is 10.8. The van der Waals surface area contributed by atoms with Gasteiger partial charge in [-0.1, -0.05) is 6.08 Å². The van der Waals surface area contributed by atoms with Crippen molar-refractivity contribution in [3.63, 3.8) is 0 Å². The van der Waals surface area contributed by atoms with Crippen molar-refractivity contribution >= 4 is 16.9 Å². The molecule has 0 aliphatic carbocycles. The first-order chi connectivity index (χ1) is 3.27. The third-order valence-corrected chi connectivity index (χ3v) is 1.10. The quantitative estimate of drug-likeness (QED) is 0.276.